The molecule has 0 fully saturated rings. The van der Waals surface area contributed by atoms with Crippen LogP contribution >= 0.6 is 0 Å². The summed E-state index contributed by atoms with van der Waals surface area (Å²) < 4.78 is 33.4. The Balaban J connectivity index is 1.64. The van der Waals surface area contributed by atoms with Gasteiger partial charge in [0.05, 0.1) is 12.0 Å². The first kappa shape index (κ1) is 21.1. The van der Waals surface area contributed by atoms with E-state index in [1.54, 1.807) is 12.1 Å². The quantitative estimate of drug-likeness (QED) is 0.644. The monoisotopic (exact) mass is 436 g/mol. The number of carbonyl (C=O) groups excluding carboxylic acids is 1. The number of nitrogens with zero attached hydrogens (tertiary/aromatic N) is 1. The van der Waals surface area contributed by atoms with Crippen LogP contribution in [0.3, 0.4) is 0 Å². The Bertz CT molecular complexity index is 1160. The SMILES string of the molecule is COc1ccc(S(=O)(=O)N2Cc3ccccc3C[C@H]2C(=O)NCc2ccccc2)cc1. The van der Waals surface area contributed by atoms with Crippen LogP contribution in [0.25, 0.3) is 0 Å². The van der Waals surface area contributed by atoms with E-state index in [0.29, 0.717) is 18.7 Å². The first-order chi connectivity index (χ1) is 15.0. The Morgan fingerprint density at radius 3 is 2.29 bits per heavy atom. The molecule has 31 heavy (non-hydrogen) atoms. The molecule has 6 nitrogen and oxygen atoms in total. The molecular formula is C24H24N2O4S. The van der Waals surface area contributed by atoms with Crippen LogP contribution in [0.1, 0.15) is 16.7 Å². The van der Waals surface area contributed by atoms with E-state index in [1.807, 2.05) is 54.6 Å². The summed E-state index contributed by atoms with van der Waals surface area (Å²) in [5.41, 5.74) is 2.85. The van der Waals surface area contributed by atoms with E-state index >= 15 is 0 Å². The zero-order valence-corrected chi connectivity index (χ0v) is 18.0. The van der Waals surface area contributed by atoms with Crippen molar-refractivity contribution in [2.75, 3.05) is 7.11 Å². The van der Waals surface area contributed by atoms with E-state index in [4.69, 9.17) is 4.74 Å². The van der Waals surface area contributed by atoms with Crippen LogP contribution in [-0.4, -0.2) is 31.8 Å². The number of nitrogens with one attached hydrogen (secondary N) is 1. The van der Waals surface area contributed by atoms with E-state index < -0.39 is 16.1 Å². The maximum absolute atomic E-state index is 13.5. The second kappa shape index (κ2) is 8.91. The summed E-state index contributed by atoms with van der Waals surface area (Å²) in [5.74, 6) is 0.260. The van der Waals surface area contributed by atoms with E-state index in [1.165, 1.54) is 23.5 Å². The number of rotatable bonds is 6. The van der Waals surface area contributed by atoms with Gasteiger partial charge in [-0.15, -0.1) is 0 Å². The number of hydrogen-bond acceptors (Lipinski definition) is 4. The summed E-state index contributed by atoms with van der Waals surface area (Å²) in [6.45, 7) is 0.488. The Hall–Kier alpha value is -3.16. The molecule has 7 heteroatoms. The standard InChI is InChI=1S/C24H24N2O4S/c1-30-21-11-13-22(14-12-21)31(28,29)26-17-20-10-6-5-9-19(20)15-23(26)24(27)25-16-18-7-3-2-4-8-18/h2-14,23H,15-17H2,1H3,(H,25,27)/t23-/m0/s1. The second-order valence-corrected chi connectivity index (χ2v) is 9.31. The number of ether oxygens (including phenoxy) is 1. The van der Waals surface area contributed by atoms with Gasteiger partial charge in [-0.25, -0.2) is 8.42 Å². The predicted octanol–water partition coefficient (Wildman–Crippen LogP) is 3.13. The zero-order chi connectivity index (χ0) is 21.8. The Labute approximate surface area is 182 Å². The van der Waals surface area contributed by atoms with Crippen LogP contribution in [0, 0.1) is 0 Å². The molecule has 0 radical (unpaired) electrons. The third-order valence-electron chi connectivity index (χ3n) is 5.48. The maximum Gasteiger partial charge on any atom is 0.244 e. The lowest BCUT2D eigenvalue weighted by atomic mass is 9.95. The minimum absolute atomic E-state index is 0.133. The summed E-state index contributed by atoms with van der Waals surface area (Å²) in [6.07, 6.45) is 0.326. The normalized spacial score (nSPS) is 16.4. The molecule has 0 bridgehead atoms. The van der Waals surface area contributed by atoms with Crippen molar-refractivity contribution in [2.45, 2.75) is 30.4 Å². The molecule has 1 aliphatic rings. The molecular weight excluding hydrogens is 412 g/mol. The topological polar surface area (TPSA) is 75.7 Å². The predicted molar refractivity (Wildman–Crippen MR) is 118 cm³/mol. The van der Waals surface area contributed by atoms with Gasteiger partial charge in [0.15, 0.2) is 0 Å². The van der Waals surface area contributed by atoms with Gasteiger partial charge < -0.3 is 10.1 Å². The summed E-state index contributed by atoms with van der Waals surface area (Å²) in [7, 11) is -2.36. The summed E-state index contributed by atoms with van der Waals surface area (Å²) in [5, 5.41) is 2.91. The zero-order valence-electron chi connectivity index (χ0n) is 17.2. The molecule has 1 N–H and O–H groups in total. The molecule has 1 heterocycles. The third kappa shape index (κ3) is 4.47. The number of hydrogen-bond donors (Lipinski definition) is 1. The summed E-state index contributed by atoms with van der Waals surface area (Å²) in [6, 6.07) is 22.6. The van der Waals surface area contributed by atoms with Crippen LogP contribution in [0.2, 0.25) is 0 Å². The minimum atomic E-state index is -3.89. The average molecular weight is 437 g/mol. The third-order valence-corrected chi connectivity index (χ3v) is 7.35. The first-order valence-corrected chi connectivity index (χ1v) is 11.5. The molecule has 0 aliphatic carbocycles. The van der Waals surface area contributed by atoms with Crippen LogP contribution in [0.5, 0.6) is 5.75 Å². The van der Waals surface area contributed by atoms with E-state index in [0.717, 1.165) is 16.7 Å². The van der Waals surface area contributed by atoms with Crippen LogP contribution in [0.4, 0.5) is 0 Å². The number of amides is 1. The molecule has 160 valence electrons. The Morgan fingerprint density at radius 2 is 1.61 bits per heavy atom. The van der Waals surface area contributed by atoms with Crippen molar-refractivity contribution in [1.82, 2.24) is 9.62 Å². The van der Waals surface area contributed by atoms with Crippen molar-refractivity contribution < 1.29 is 17.9 Å². The lowest BCUT2D eigenvalue weighted by Crippen LogP contribution is -2.52. The fourth-order valence-corrected chi connectivity index (χ4v) is 5.33. The first-order valence-electron chi connectivity index (χ1n) is 10.0. The molecule has 1 aliphatic heterocycles. The highest BCUT2D eigenvalue weighted by molar-refractivity contribution is 7.89. The van der Waals surface area contributed by atoms with E-state index in [-0.39, 0.29) is 17.3 Å². The smallest absolute Gasteiger partial charge is 0.244 e. The van der Waals surface area contributed by atoms with Gasteiger partial charge in [0.1, 0.15) is 11.8 Å². The van der Waals surface area contributed by atoms with Gasteiger partial charge in [-0.05, 0) is 47.4 Å². The second-order valence-electron chi connectivity index (χ2n) is 7.42. The molecule has 0 aromatic heterocycles. The maximum atomic E-state index is 13.5. The summed E-state index contributed by atoms with van der Waals surface area (Å²) >= 11 is 0. The van der Waals surface area contributed by atoms with Crippen molar-refractivity contribution in [3.63, 3.8) is 0 Å². The number of fused-ring (bicyclic) bond motifs is 1. The Morgan fingerprint density at radius 1 is 0.968 bits per heavy atom. The van der Waals surface area contributed by atoms with E-state index in [9.17, 15) is 13.2 Å². The molecule has 0 saturated heterocycles. The van der Waals surface area contributed by atoms with Crippen molar-refractivity contribution in [1.29, 1.82) is 0 Å². The summed E-state index contributed by atoms with van der Waals surface area (Å²) in [4.78, 5) is 13.3. The van der Waals surface area contributed by atoms with Crippen molar-refractivity contribution in [2.24, 2.45) is 0 Å². The van der Waals surface area contributed by atoms with E-state index in [2.05, 4.69) is 5.32 Å². The highest BCUT2D eigenvalue weighted by Gasteiger charge is 2.39. The van der Waals surface area contributed by atoms with Crippen molar-refractivity contribution >= 4 is 15.9 Å². The molecule has 0 saturated carbocycles. The van der Waals surface area contributed by atoms with Gasteiger partial charge in [0, 0.05) is 13.1 Å². The molecule has 0 spiro atoms. The fourth-order valence-electron chi connectivity index (χ4n) is 3.76. The van der Waals surface area contributed by atoms with Gasteiger partial charge in [-0.2, -0.15) is 4.31 Å². The average Bonchev–Trinajstić information content (AvgIpc) is 2.82. The lowest BCUT2D eigenvalue weighted by molar-refractivity contribution is -0.125. The largest absolute Gasteiger partial charge is 0.497 e. The molecule has 3 aromatic rings. The molecule has 0 unspecified atom stereocenters. The van der Waals surface area contributed by atoms with Gasteiger partial charge in [0.25, 0.3) is 0 Å². The number of methoxy groups -OCH3 is 1. The lowest BCUT2D eigenvalue weighted by Gasteiger charge is -2.35. The van der Waals surface area contributed by atoms with Crippen LogP contribution in [0.15, 0.2) is 83.8 Å². The van der Waals surface area contributed by atoms with Crippen molar-refractivity contribution in [3.05, 3.63) is 95.6 Å². The number of carbonyl (C=O) groups is 1. The molecule has 3 aromatic carbocycles. The van der Waals surface area contributed by atoms with Gasteiger partial charge in [-0.3, -0.25) is 4.79 Å². The van der Waals surface area contributed by atoms with Crippen LogP contribution in [-0.2, 0) is 34.3 Å². The minimum Gasteiger partial charge on any atom is -0.497 e. The Kier molecular flexibility index (Phi) is 6.06. The van der Waals surface area contributed by atoms with Crippen molar-refractivity contribution in [3.8, 4) is 5.75 Å². The molecule has 4 rings (SSSR count). The highest BCUT2D eigenvalue weighted by atomic mass is 32.2. The van der Waals surface area contributed by atoms with Gasteiger partial charge >= 0.3 is 0 Å². The van der Waals surface area contributed by atoms with Gasteiger partial charge in [-0.1, -0.05) is 54.6 Å². The number of sulfonamides is 1. The van der Waals surface area contributed by atoms with Crippen LogP contribution < -0.4 is 10.1 Å². The molecule has 1 atom stereocenters. The number of benzene rings is 3. The molecule has 1 amide bonds. The van der Waals surface area contributed by atoms with Gasteiger partial charge in [0.2, 0.25) is 15.9 Å². The fraction of sp³-hybridized carbons (Fsp3) is 0.208. The highest BCUT2D eigenvalue weighted by Crippen LogP contribution is 2.30.